The number of aromatic amines is 1. The summed E-state index contributed by atoms with van der Waals surface area (Å²) in [6, 6.07) is 0. The minimum atomic E-state index is -4.11. The highest BCUT2D eigenvalue weighted by Gasteiger charge is 2.24. The molecule has 0 fully saturated rings. The Morgan fingerprint density at radius 2 is 2.19 bits per heavy atom. The Morgan fingerprint density at radius 1 is 1.56 bits per heavy atom. The predicted octanol–water partition coefficient (Wildman–Crippen LogP) is -0.246. The molecule has 16 heavy (non-hydrogen) atoms. The van der Waals surface area contributed by atoms with Gasteiger partial charge < -0.3 is 5.11 Å². The van der Waals surface area contributed by atoms with E-state index in [0.29, 0.717) is 5.69 Å². The van der Waals surface area contributed by atoms with E-state index < -0.39 is 34.6 Å². The number of aryl methyl sites for hydroxylation is 1. The van der Waals surface area contributed by atoms with Crippen LogP contribution in [0.5, 0.6) is 0 Å². The fraction of sp³-hybridized carbons (Fsp3) is 0.571. The summed E-state index contributed by atoms with van der Waals surface area (Å²) >= 11 is 0. The van der Waals surface area contributed by atoms with Crippen LogP contribution in [0.1, 0.15) is 11.3 Å². The van der Waals surface area contributed by atoms with E-state index >= 15 is 0 Å². The number of hydrogen-bond donors (Lipinski definition) is 3. The molecule has 0 radical (unpaired) electrons. The topological polar surface area (TPSA) is 95.1 Å². The second kappa shape index (κ2) is 4.85. The van der Waals surface area contributed by atoms with Crippen molar-refractivity contribution in [3.05, 3.63) is 11.3 Å². The highest BCUT2D eigenvalue weighted by atomic mass is 32.2. The number of aromatic nitrogens is 2. The second-order valence-electron chi connectivity index (χ2n) is 3.03. The van der Waals surface area contributed by atoms with Crippen LogP contribution in [0.15, 0.2) is 5.03 Å². The molecule has 3 N–H and O–H groups in total. The van der Waals surface area contributed by atoms with E-state index in [-0.39, 0.29) is 5.56 Å². The first-order valence-electron chi connectivity index (χ1n) is 4.31. The average Bonchev–Trinajstić information content (AvgIpc) is 2.57. The molecule has 0 unspecified atom stereocenters. The molecule has 92 valence electrons. The van der Waals surface area contributed by atoms with Gasteiger partial charge in [-0.1, -0.05) is 0 Å². The van der Waals surface area contributed by atoms with Gasteiger partial charge in [-0.3, -0.25) is 5.10 Å². The Morgan fingerprint density at radius 3 is 2.69 bits per heavy atom. The van der Waals surface area contributed by atoms with Gasteiger partial charge in [0.2, 0.25) is 0 Å². The highest BCUT2D eigenvalue weighted by molar-refractivity contribution is 7.89. The molecular weight excluding hydrogens is 244 g/mol. The predicted molar refractivity (Wildman–Crippen MR) is 50.4 cm³/mol. The zero-order chi connectivity index (χ0) is 12.3. The fourth-order valence-corrected chi connectivity index (χ4v) is 2.27. The van der Waals surface area contributed by atoms with Gasteiger partial charge in [-0.05, 0) is 6.92 Å². The molecule has 0 atom stereocenters. The van der Waals surface area contributed by atoms with Crippen molar-refractivity contribution >= 4 is 10.0 Å². The number of hydrogen-bond acceptors (Lipinski definition) is 4. The Hall–Kier alpha value is -1.06. The maximum absolute atomic E-state index is 11.9. The molecule has 1 aromatic heterocycles. The van der Waals surface area contributed by atoms with E-state index in [1.807, 2.05) is 0 Å². The summed E-state index contributed by atoms with van der Waals surface area (Å²) < 4.78 is 48.4. The molecule has 0 spiro atoms. The maximum atomic E-state index is 11.9. The molecule has 1 heterocycles. The number of nitrogens with zero attached hydrogens (tertiary/aromatic N) is 1. The van der Waals surface area contributed by atoms with Gasteiger partial charge >= 0.3 is 0 Å². The number of aliphatic hydroxyl groups excluding tert-OH is 1. The van der Waals surface area contributed by atoms with Gasteiger partial charge in [0.05, 0.1) is 13.2 Å². The lowest BCUT2D eigenvalue weighted by Crippen LogP contribution is -2.29. The third-order valence-corrected chi connectivity index (χ3v) is 3.27. The number of rotatable bonds is 5. The Balaban J connectivity index is 2.98. The monoisotopic (exact) mass is 255 g/mol. The number of halogens is 2. The summed E-state index contributed by atoms with van der Waals surface area (Å²) in [5.41, 5.74) is 0.446. The van der Waals surface area contributed by atoms with Crippen molar-refractivity contribution in [3.63, 3.8) is 0 Å². The van der Waals surface area contributed by atoms with Crippen LogP contribution in [-0.2, 0) is 16.6 Å². The van der Waals surface area contributed by atoms with E-state index in [9.17, 15) is 17.2 Å². The summed E-state index contributed by atoms with van der Waals surface area (Å²) in [7, 11) is -4.11. The van der Waals surface area contributed by atoms with Gasteiger partial charge in [0.25, 0.3) is 16.4 Å². The first kappa shape index (κ1) is 13.0. The summed E-state index contributed by atoms with van der Waals surface area (Å²) in [6.07, 6.45) is -2.78. The van der Waals surface area contributed by atoms with Gasteiger partial charge in [-0.25, -0.2) is 21.9 Å². The minimum Gasteiger partial charge on any atom is -0.392 e. The molecule has 1 rings (SSSR count). The number of H-pyrrole nitrogens is 1. The van der Waals surface area contributed by atoms with E-state index in [1.54, 1.807) is 4.72 Å². The van der Waals surface area contributed by atoms with Crippen molar-refractivity contribution in [2.75, 3.05) is 6.54 Å². The normalized spacial score (nSPS) is 12.3. The Kier molecular flexibility index (Phi) is 3.94. The molecule has 9 heteroatoms. The van der Waals surface area contributed by atoms with Gasteiger partial charge in [-0.2, -0.15) is 5.10 Å². The van der Waals surface area contributed by atoms with Crippen LogP contribution >= 0.6 is 0 Å². The molecule has 1 aromatic rings. The lowest BCUT2D eigenvalue weighted by molar-refractivity contribution is 0.153. The van der Waals surface area contributed by atoms with Crippen LogP contribution in [0.2, 0.25) is 0 Å². The van der Waals surface area contributed by atoms with E-state index in [0.717, 1.165) is 0 Å². The summed E-state index contributed by atoms with van der Waals surface area (Å²) in [4.78, 5) is 0. The van der Waals surface area contributed by atoms with Crippen molar-refractivity contribution in [1.29, 1.82) is 0 Å². The maximum Gasteiger partial charge on any atom is 0.260 e. The molecule has 0 saturated heterocycles. The molecule has 0 aromatic carbocycles. The van der Waals surface area contributed by atoms with Crippen molar-refractivity contribution in [2.24, 2.45) is 0 Å². The SMILES string of the molecule is Cc1[nH]nc(S(=O)(=O)NCC(F)F)c1CO. The van der Waals surface area contributed by atoms with Crippen LogP contribution in [0.4, 0.5) is 8.78 Å². The molecule has 0 amide bonds. The first-order valence-corrected chi connectivity index (χ1v) is 5.79. The third-order valence-electron chi connectivity index (χ3n) is 1.88. The molecule has 0 aliphatic carbocycles. The summed E-state index contributed by atoms with van der Waals surface area (Å²) in [5, 5.41) is 14.3. The van der Waals surface area contributed by atoms with E-state index in [1.165, 1.54) is 6.92 Å². The number of sulfonamides is 1. The third kappa shape index (κ3) is 2.74. The number of alkyl halides is 2. The van der Waals surface area contributed by atoms with Crippen molar-refractivity contribution in [3.8, 4) is 0 Å². The fourth-order valence-electron chi connectivity index (χ4n) is 1.08. The smallest absolute Gasteiger partial charge is 0.260 e. The molecule has 6 nitrogen and oxygen atoms in total. The van der Waals surface area contributed by atoms with E-state index in [4.69, 9.17) is 5.11 Å². The van der Waals surface area contributed by atoms with Gasteiger partial charge in [0, 0.05) is 11.3 Å². The zero-order valence-electron chi connectivity index (χ0n) is 8.37. The van der Waals surface area contributed by atoms with Crippen LogP contribution in [0, 0.1) is 6.92 Å². The molecular formula is C7H11F2N3O3S. The lowest BCUT2D eigenvalue weighted by Gasteiger charge is -2.04. The zero-order valence-corrected chi connectivity index (χ0v) is 9.18. The minimum absolute atomic E-state index is 0.0711. The van der Waals surface area contributed by atoms with Crippen LogP contribution < -0.4 is 4.72 Å². The molecule has 0 bridgehead atoms. The average molecular weight is 255 g/mol. The van der Waals surface area contributed by atoms with Crippen molar-refractivity contribution in [2.45, 2.75) is 25.0 Å². The number of nitrogens with one attached hydrogen (secondary N) is 2. The highest BCUT2D eigenvalue weighted by Crippen LogP contribution is 2.15. The quantitative estimate of drug-likeness (QED) is 0.676. The first-order chi connectivity index (χ1) is 7.38. The standard InChI is InChI=1S/C7H11F2N3O3S/c1-4-5(3-13)7(12-11-4)16(14,15)10-2-6(8)9/h6,10,13H,2-3H2,1H3,(H,11,12). The van der Waals surface area contributed by atoms with Gasteiger partial charge in [0.15, 0.2) is 5.03 Å². The largest absolute Gasteiger partial charge is 0.392 e. The van der Waals surface area contributed by atoms with Crippen LogP contribution in [0.3, 0.4) is 0 Å². The number of aliphatic hydroxyl groups is 1. The molecule has 0 aliphatic heterocycles. The van der Waals surface area contributed by atoms with Crippen molar-refractivity contribution < 1.29 is 22.3 Å². The Bertz CT molecular complexity index is 457. The lowest BCUT2D eigenvalue weighted by atomic mass is 10.3. The van der Waals surface area contributed by atoms with E-state index in [2.05, 4.69) is 10.2 Å². The molecule has 0 aliphatic rings. The van der Waals surface area contributed by atoms with Gasteiger partial charge in [-0.15, -0.1) is 0 Å². The molecule has 0 saturated carbocycles. The Labute approximate surface area is 90.7 Å². The van der Waals surface area contributed by atoms with Crippen LogP contribution in [-0.4, -0.2) is 36.7 Å². The van der Waals surface area contributed by atoms with Crippen molar-refractivity contribution in [1.82, 2.24) is 14.9 Å². The summed E-state index contributed by atoms with van der Waals surface area (Å²) in [6.45, 7) is -0.00293. The van der Waals surface area contributed by atoms with Gasteiger partial charge in [0.1, 0.15) is 0 Å². The second-order valence-corrected chi connectivity index (χ2v) is 4.72. The summed E-state index contributed by atoms with van der Waals surface area (Å²) in [5.74, 6) is 0. The van der Waals surface area contributed by atoms with Crippen LogP contribution in [0.25, 0.3) is 0 Å².